The van der Waals surface area contributed by atoms with E-state index in [9.17, 15) is 0 Å². The van der Waals surface area contributed by atoms with Crippen molar-refractivity contribution >= 4 is 32.9 Å². The second-order valence-corrected chi connectivity index (χ2v) is 8.79. The van der Waals surface area contributed by atoms with Gasteiger partial charge < -0.3 is 8.98 Å². The molecule has 0 amide bonds. The summed E-state index contributed by atoms with van der Waals surface area (Å²) >= 11 is 0. The predicted molar refractivity (Wildman–Crippen MR) is 144 cm³/mol. The smallest absolute Gasteiger partial charge is 0.227 e. The lowest BCUT2D eigenvalue weighted by molar-refractivity contribution is 0.622. The van der Waals surface area contributed by atoms with E-state index >= 15 is 0 Å². The summed E-state index contributed by atoms with van der Waals surface area (Å²) in [6, 6.07) is 40.9. The summed E-state index contributed by atoms with van der Waals surface area (Å²) in [7, 11) is 0. The fraction of sp³-hybridized carbons (Fsp3) is 0. The maximum atomic E-state index is 9.16. The Morgan fingerprint density at radius 2 is 1.44 bits per heavy atom. The Balaban J connectivity index is 1.51. The van der Waals surface area contributed by atoms with E-state index in [2.05, 4.69) is 65.2 Å². The molecule has 0 fully saturated rings. The lowest BCUT2D eigenvalue weighted by Crippen LogP contribution is -1.94. The molecule has 5 aromatic carbocycles. The van der Waals surface area contributed by atoms with Gasteiger partial charge >= 0.3 is 0 Å². The standard InChI is InChI=1S/C32H19N3O/c33-20-21-13-15-22(16-14-21)24-9-6-10-25(19-24)35-29-12-5-4-11-26(29)27-17-18-28-31(30(27)35)36-32(34-28)23-7-2-1-3-8-23/h1-19H. The molecule has 168 valence electrons. The first kappa shape index (κ1) is 20.3. The Bertz CT molecular complexity index is 1940. The topological polar surface area (TPSA) is 54.8 Å². The van der Waals surface area contributed by atoms with Crippen molar-refractivity contribution in [1.82, 2.24) is 9.55 Å². The molecule has 0 saturated heterocycles. The van der Waals surface area contributed by atoms with Crippen LogP contribution in [0.25, 0.3) is 61.2 Å². The van der Waals surface area contributed by atoms with Gasteiger partial charge in [-0.1, -0.05) is 60.7 Å². The van der Waals surface area contributed by atoms with Gasteiger partial charge in [-0.3, -0.25) is 0 Å². The molecule has 0 spiro atoms. The van der Waals surface area contributed by atoms with Gasteiger partial charge in [-0.25, -0.2) is 4.98 Å². The van der Waals surface area contributed by atoms with E-state index in [4.69, 9.17) is 14.7 Å². The Hall–Kier alpha value is -5.14. The molecule has 0 aliphatic heterocycles. The van der Waals surface area contributed by atoms with Gasteiger partial charge in [0.05, 0.1) is 22.7 Å². The van der Waals surface area contributed by atoms with Crippen LogP contribution in [0.3, 0.4) is 0 Å². The van der Waals surface area contributed by atoms with Crippen LogP contribution >= 0.6 is 0 Å². The van der Waals surface area contributed by atoms with Crippen molar-refractivity contribution in [3.8, 4) is 34.3 Å². The highest BCUT2D eigenvalue weighted by Crippen LogP contribution is 2.38. The average Bonchev–Trinajstić information content (AvgIpc) is 3.53. The quantitative estimate of drug-likeness (QED) is 0.267. The Morgan fingerprint density at radius 1 is 0.667 bits per heavy atom. The van der Waals surface area contributed by atoms with Gasteiger partial charge in [0.15, 0.2) is 5.58 Å². The molecule has 2 aromatic heterocycles. The Labute approximate surface area is 207 Å². The van der Waals surface area contributed by atoms with Crippen molar-refractivity contribution in [3.63, 3.8) is 0 Å². The second kappa shape index (κ2) is 7.97. The van der Waals surface area contributed by atoms with Crippen LogP contribution in [0.5, 0.6) is 0 Å². The van der Waals surface area contributed by atoms with Gasteiger partial charge in [-0.05, 0) is 65.7 Å². The first-order chi connectivity index (χ1) is 17.8. The maximum Gasteiger partial charge on any atom is 0.227 e. The molecular weight excluding hydrogens is 442 g/mol. The van der Waals surface area contributed by atoms with Gasteiger partial charge in [0.1, 0.15) is 5.52 Å². The molecule has 36 heavy (non-hydrogen) atoms. The molecule has 7 aromatic rings. The molecule has 0 radical (unpaired) electrons. The SMILES string of the molecule is N#Cc1ccc(-c2cccc(-n3c4ccccc4c4ccc5nc(-c6ccccc6)oc5c43)c2)cc1. The van der Waals surface area contributed by atoms with E-state index in [1.165, 1.54) is 0 Å². The summed E-state index contributed by atoms with van der Waals surface area (Å²) in [5.74, 6) is 0.612. The van der Waals surface area contributed by atoms with Gasteiger partial charge in [0.25, 0.3) is 0 Å². The van der Waals surface area contributed by atoms with Crippen molar-refractivity contribution < 1.29 is 4.42 Å². The molecule has 0 aliphatic rings. The van der Waals surface area contributed by atoms with Crippen LogP contribution in [0.15, 0.2) is 120 Å². The van der Waals surface area contributed by atoms with Crippen LogP contribution in [0.4, 0.5) is 0 Å². The highest BCUT2D eigenvalue weighted by atomic mass is 16.3. The number of aromatic nitrogens is 2. The minimum Gasteiger partial charge on any atom is -0.434 e. The summed E-state index contributed by atoms with van der Waals surface area (Å²) in [5, 5.41) is 11.4. The van der Waals surface area contributed by atoms with Gasteiger partial charge in [-0.2, -0.15) is 5.26 Å². The van der Waals surface area contributed by atoms with Crippen LogP contribution in [-0.4, -0.2) is 9.55 Å². The fourth-order valence-electron chi connectivity index (χ4n) is 4.97. The summed E-state index contributed by atoms with van der Waals surface area (Å²) in [6.45, 7) is 0. The summed E-state index contributed by atoms with van der Waals surface area (Å²) in [5.41, 5.74) is 8.49. The molecule has 0 N–H and O–H groups in total. The molecule has 2 heterocycles. The number of para-hydroxylation sites is 1. The van der Waals surface area contributed by atoms with Crippen LogP contribution < -0.4 is 0 Å². The van der Waals surface area contributed by atoms with E-state index in [0.29, 0.717) is 11.5 Å². The van der Waals surface area contributed by atoms with Crippen molar-refractivity contribution in [1.29, 1.82) is 5.26 Å². The first-order valence-corrected chi connectivity index (χ1v) is 11.8. The number of nitriles is 1. The van der Waals surface area contributed by atoms with Gasteiger partial charge in [0.2, 0.25) is 5.89 Å². The van der Waals surface area contributed by atoms with Gasteiger partial charge in [-0.15, -0.1) is 0 Å². The molecule has 4 heteroatoms. The number of oxazole rings is 1. The zero-order valence-corrected chi connectivity index (χ0v) is 19.2. The van der Waals surface area contributed by atoms with E-state index in [1.807, 2.05) is 60.7 Å². The van der Waals surface area contributed by atoms with Crippen molar-refractivity contribution in [3.05, 3.63) is 121 Å². The van der Waals surface area contributed by atoms with Crippen LogP contribution in [0, 0.1) is 11.3 Å². The summed E-state index contributed by atoms with van der Waals surface area (Å²) in [6.07, 6.45) is 0. The number of nitrogens with zero attached hydrogens (tertiary/aromatic N) is 3. The third kappa shape index (κ3) is 3.11. The van der Waals surface area contributed by atoms with E-state index < -0.39 is 0 Å². The number of rotatable bonds is 3. The Morgan fingerprint density at radius 3 is 2.28 bits per heavy atom. The Kier molecular flexibility index (Phi) is 4.48. The van der Waals surface area contributed by atoms with Gasteiger partial charge in [0, 0.05) is 22.0 Å². The molecule has 0 aliphatic carbocycles. The summed E-state index contributed by atoms with van der Waals surface area (Å²) < 4.78 is 8.70. The zero-order valence-electron chi connectivity index (χ0n) is 19.2. The number of hydrogen-bond acceptors (Lipinski definition) is 3. The second-order valence-electron chi connectivity index (χ2n) is 8.79. The average molecular weight is 462 g/mol. The monoisotopic (exact) mass is 461 g/mol. The largest absolute Gasteiger partial charge is 0.434 e. The number of fused-ring (bicyclic) bond motifs is 5. The highest BCUT2D eigenvalue weighted by Gasteiger charge is 2.19. The fourth-order valence-corrected chi connectivity index (χ4v) is 4.97. The van der Waals surface area contributed by atoms with Crippen molar-refractivity contribution in [2.24, 2.45) is 0 Å². The molecular formula is C32H19N3O. The molecule has 4 nitrogen and oxygen atoms in total. The lowest BCUT2D eigenvalue weighted by Gasteiger charge is -2.10. The van der Waals surface area contributed by atoms with E-state index in [0.717, 1.165) is 55.3 Å². The maximum absolute atomic E-state index is 9.16. The summed E-state index contributed by atoms with van der Waals surface area (Å²) in [4.78, 5) is 4.81. The molecule has 0 atom stereocenters. The normalized spacial score (nSPS) is 11.3. The minimum atomic E-state index is 0.612. The van der Waals surface area contributed by atoms with Crippen molar-refractivity contribution in [2.75, 3.05) is 0 Å². The van der Waals surface area contributed by atoms with Crippen LogP contribution in [0.2, 0.25) is 0 Å². The molecule has 0 bridgehead atoms. The highest BCUT2D eigenvalue weighted by molar-refractivity contribution is 6.16. The third-order valence-corrected chi connectivity index (χ3v) is 6.66. The molecule has 0 unspecified atom stereocenters. The van der Waals surface area contributed by atoms with Crippen LogP contribution in [0.1, 0.15) is 5.56 Å². The first-order valence-electron chi connectivity index (χ1n) is 11.8. The van der Waals surface area contributed by atoms with E-state index in [1.54, 1.807) is 0 Å². The third-order valence-electron chi connectivity index (χ3n) is 6.66. The molecule has 0 saturated carbocycles. The zero-order chi connectivity index (χ0) is 24.1. The number of benzene rings is 5. The van der Waals surface area contributed by atoms with Crippen LogP contribution in [-0.2, 0) is 0 Å². The number of hydrogen-bond donors (Lipinski definition) is 0. The van der Waals surface area contributed by atoms with Crippen molar-refractivity contribution in [2.45, 2.75) is 0 Å². The predicted octanol–water partition coefficient (Wildman–Crippen LogP) is 8.13. The van der Waals surface area contributed by atoms with E-state index in [-0.39, 0.29) is 0 Å². The molecule has 7 rings (SSSR count). The lowest BCUT2D eigenvalue weighted by atomic mass is 10.0. The minimum absolute atomic E-state index is 0.612.